The number of carbonyl (C=O) groups excluding carboxylic acids is 1. The molecular weight excluding hydrogens is 531 g/mol. The van der Waals surface area contributed by atoms with Crippen LogP contribution < -0.4 is 10.2 Å². The van der Waals surface area contributed by atoms with Gasteiger partial charge in [-0.2, -0.15) is 39.5 Å². The third kappa shape index (κ3) is 6.72. The normalized spacial score (nSPS) is 18.5. The van der Waals surface area contributed by atoms with Gasteiger partial charge in [0.05, 0.1) is 28.5 Å². The van der Waals surface area contributed by atoms with E-state index in [2.05, 4.69) is 5.32 Å². The van der Waals surface area contributed by atoms with Crippen molar-refractivity contribution in [3.8, 4) is 0 Å². The number of amides is 1. The van der Waals surface area contributed by atoms with Gasteiger partial charge in [-0.05, 0) is 74.2 Å². The maximum Gasteiger partial charge on any atom is 0.416 e. The van der Waals surface area contributed by atoms with E-state index in [1.54, 1.807) is 20.8 Å². The number of rotatable bonds is 5. The van der Waals surface area contributed by atoms with Crippen molar-refractivity contribution in [3.05, 3.63) is 64.2 Å². The smallest absolute Gasteiger partial charge is 0.416 e. The second-order valence-corrected chi connectivity index (χ2v) is 9.22. The minimum absolute atomic E-state index is 0.000342. The van der Waals surface area contributed by atoms with Crippen LogP contribution in [-0.4, -0.2) is 18.2 Å². The fourth-order valence-electron chi connectivity index (χ4n) is 4.34. The molecule has 1 aliphatic heterocycles. The quantitative estimate of drug-likeness (QED) is 0.379. The second kappa shape index (κ2) is 10.7. The van der Waals surface area contributed by atoms with Gasteiger partial charge in [-0.3, -0.25) is 4.90 Å². The summed E-state index contributed by atoms with van der Waals surface area (Å²) in [6, 6.07) is 2.37. The first-order valence-electron chi connectivity index (χ1n) is 11.6. The summed E-state index contributed by atoms with van der Waals surface area (Å²) in [5, 5.41) is 2.81. The summed E-state index contributed by atoms with van der Waals surface area (Å²) in [6.07, 6.45) is -15.7. The minimum atomic E-state index is -5.04. The molecule has 1 aliphatic rings. The molecule has 0 aromatic heterocycles. The van der Waals surface area contributed by atoms with Crippen molar-refractivity contribution in [1.29, 1.82) is 0 Å². The van der Waals surface area contributed by atoms with Gasteiger partial charge in [0.15, 0.2) is 0 Å². The molecule has 2 atom stereocenters. The molecule has 0 spiro atoms. The Balaban J connectivity index is 2.03. The first-order valence-corrected chi connectivity index (χ1v) is 11.6. The maximum atomic E-state index is 13.5. The van der Waals surface area contributed by atoms with Crippen LogP contribution in [0.3, 0.4) is 0 Å². The van der Waals surface area contributed by atoms with Crippen LogP contribution in [0.2, 0.25) is 0 Å². The zero-order valence-corrected chi connectivity index (χ0v) is 20.5. The molecule has 0 aliphatic carbocycles. The number of fused-ring (bicyclic) bond motifs is 1. The molecule has 3 rings (SSSR count). The first kappa shape index (κ1) is 29.6. The molecule has 0 saturated carbocycles. The number of hydrogen-bond acceptors (Lipinski definition) is 3. The predicted molar refractivity (Wildman–Crippen MR) is 120 cm³/mol. The van der Waals surface area contributed by atoms with Crippen molar-refractivity contribution in [3.63, 3.8) is 0 Å². The van der Waals surface area contributed by atoms with Gasteiger partial charge in [0.2, 0.25) is 0 Å². The van der Waals surface area contributed by atoms with Gasteiger partial charge in [0.25, 0.3) is 0 Å². The van der Waals surface area contributed by atoms with Crippen LogP contribution in [0, 0.1) is 0 Å². The van der Waals surface area contributed by atoms with Crippen LogP contribution in [0.25, 0.3) is 0 Å². The van der Waals surface area contributed by atoms with Crippen molar-refractivity contribution in [2.24, 2.45) is 0 Å². The highest BCUT2D eigenvalue weighted by Crippen LogP contribution is 2.42. The van der Waals surface area contributed by atoms with Crippen molar-refractivity contribution in [2.45, 2.75) is 76.9 Å². The van der Waals surface area contributed by atoms with Gasteiger partial charge in [0, 0.05) is 18.6 Å². The Hall–Kier alpha value is -2.96. The van der Waals surface area contributed by atoms with Crippen molar-refractivity contribution in [2.75, 3.05) is 4.90 Å². The molecule has 0 radical (unpaired) electrons. The van der Waals surface area contributed by atoms with Crippen LogP contribution in [0.4, 0.5) is 50.0 Å². The minimum Gasteiger partial charge on any atom is -0.446 e. The molecule has 1 amide bonds. The number of nitrogens with one attached hydrogen (secondary N) is 1. The standard InChI is InChI=1S/C25H25F9N2O2/c1-4-18-11-20(35-12-14-7-16(24(29,30)31)9-17(8-14)25(32,33)34)19-10-15(23(26,27)28)5-6-21(19)36(18)22(37)38-13(2)3/h5-10,13,18,20,35H,4,11-12H2,1-3H3. The number of benzene rings is 2. The van der Waals surface area contributed by atoms with E-state index in [1.807, 2.05) is 0 Å². The number of ether oxygens (including phenoxy) is 1. The Morgan fingerprint density at radius 1 is 0.921 bits per heavy atom. The Kier molecular flexibility index (Phi) is 8.30. The largest absolute Gasteiger partial charge is 0.446 e. The number of carbonyl (C=O) groups is 1. The van der Waals surface area contributed by atoms with Gasteiger partial charge in [-0.1, -0.05) is 6.92 Å². The molecule has 4 nitrogen and oxygen atoms in total. The Bertz CT molecular complexity index is 1120. The lowest BCUT2D eigenvalue weighted by molar-refractivity contribution is -0.143. The fourth-order valence-corrected chi connectivity index (χ4v) is 4.34. The average Bonchev–Trinajstić information content (AvgIpc) is 2.79. The summed E-state index contributed by atoms with van der Waals surface area (Å²) < 4.78 is 125. The topological polar surface area (TPSA) is 41.6 Å². The zero-order valence-electron chi connectivity index (χ0n) is 20.5. The fraction of sp³-hybridized carbons (Fsp3) is 0.480. The number of hydrogen-bond donors (Lipinski definition) is 1. The summed E-state index contributed by atoms with van der Waals surface area (Å²) >= 11 is 0. The number of nitrogens with zero attached hydrogens (tertiary/aromatic N) is 1. The first-order chi connectivity index (χ1) is 17.4. The van der Waals surface area contributed by atoms with E-state index in [4.69, 9.17) is 4.74 Å². The van der Waals surface area contributed by atoms with Gasteiger partial charge < -0.3 is 10.1 Å². The summed E-state index contributed by atoms with van der Waals surface area (Å²) in [4.78, 5) is 14.1. The monoisotopic (exact) mass is 556 g/mol. The van der Waals surface area contributed by atoms with Crippen molar-refractivity contribution >= 4 is 11.8 Å². The van der Waals surface area contributed by atoms with Crippen LogP contribution in [0.15, 0.2) is 36.4 Å². The van der Waals surface area contributed by atoms with E-state index in [0.29, 0.717) is 18.6 Å². The molecule has 0 fully saturated rings. The van der Waals surface area contributed by atoms with Crippen molar-refractivity contribution < 1.29 is 49.0 Å². The second-order valence-electron chi connectivity index (χ2n) is 9.22. The Labute approximate surface area is 212 Å². The van der Waals surface area contributed by atoms with Crippen LogP contribution >= 0.6 is 0 Å². The SMILES string of the molecule is CCC1CC(NCc2cc(C(F)(F)F)cc(C(F)(F)F)c2)c2cc(C(F)(F)F)ccc2N1C(=O)OC(C)C. The molecule has 0 saturated heterocycles. The third-order valence-corrected chi connectivity index (χ3v) is 6.07. The molecular formula is C25H25F9N2O2. The van der Waals surface area contributed by atoms with Gasteiger partial charge in [-0.25, -0.2) is 4.79 Å². The summed E-state index contributed by atoms with van der Waals surface area (Å²) in [7, 11) is 0. The molecule has 210 valence electrons. The third-order valence-electron chi connectivity index (χ3n) is 6.07. The average molecular weight is 556 g/mol. The molecule has 1 N–H and O–H groups in total. The van der Waals surface area contributed by atoms with E-state index in [1.165, 1.54) is 4.90 Å². The maximum absolute atomic E-state index is 13.5. The molecule has 0 bridgehead atoms. The molecule has 2 aromatic rings. The lowest BCUT2D eigenvalue weighted by Gasteiger charge is -2.41. The summed E-state index contributed by atoms with van der Waals surface area (Å²) in [5.74, 6) is 0. The molecule has 1 heterocycles. The lowest BCUT2D eigenvalue weighted by atomic mass is 9.88. The molecule has 38 heavy (non-hydrogen) atoms. The number of halogens is 9. The van der Waals surface area contributed by atoms with Gasteiger partial charge in [-0.15, -0.1) is 0 Å². The Morgan fingerprint density at radius 3 is 1.95 bits per heavy atom. The van der Waals surface area contributed by atoms with Crippen LogP contribution in [-0.2, 0) is 29.8 Å². The van der Waals surface area contributed by atoms with E-state index in [0.717, 1.165) is 18.2 Å². The van der Waals surface area contributed by atoms with Crippen molar-refractivity contribution in [1.82, 2.24) is 5.32 Å². The summed E-state index contributed by atoms with van der Waals surface area (Å²) in [6.45, 7) is 4.44. The highest BCUT2D eigenvalue weighted by atomic mass is 19.4. The van der Waals surface area contributed by atoms with E-state index < -0.39 is 66.0 Å². The van der Waals surface area contributed by atoms with E-state index in [9.17, 15) is 44.3 Å². The van der Waals surface area contributed by atoms with E-state index >= 15 is 0 Å². The lowest BCUT2D eigenvalue weighted by Crippen LogP contribution is -2.47. The highest BCUT2D eigenvalue weighted by molar-refractivity contribution is 5.90. The van der Waals surface area contributed by atoms with Gasteiger partial charge in [0.1, 0.15) is 0 Å². The molecule has 2 aromatic carbocycles. The van der Waals surface area contributed by atoms with Crippen LogP contribution in [0.1, 0.15) is 67.5 Å². The number of anilines is 1. The Morgan fingerprint density at radius 2 is 1.47 bits per heavy atom. The van der Waals surface area contributed by atoms with E-state index in [-0.39, 0.29) is 29.3 Å². The zero-order chi connectivity index (χ0) is 28.6. The predicted octanol–water partition coefficient (Wildman–Crippen LogP) is 8.11. The highest BCUT2D eigenvalue weighted by Gasteiger charge is 2.40. The van der Waals surface area contributed by atoms with Crippen LogP contribution in [0.5, 0.6) is 0 Å². The van der Waals surface area contributed by atoms with Gasteiger partial charge >= 0.3 is 24.6 Å². The molecule has 13 heteroatoms. The summed E-state index contributed by atoms with van der Waals surface area (Å²) in [5.41, 5.74) is -4.24. The molecule has 2 unspecified atom stereocenters. The number of alkyl halides is 9.